The molecular formula is C16H9Zr-. The van der Waals surface area contributed by atoms with Crippen LogP contribution in [0.15, 0.2) is 54.6 Å². The van der Waals surface area contributed by atoms with Crippen LogP contribution in [0.2, 0.25) is 0 Å². The van der Waals surface area contributed by atoms with Gasteiger partial charge in [0.2, 0.25) is 0 Å². The summed E-state index contributed by atoms with van der Waals surface area (Å²) in [6.45, 7) is 0. The van der Waals surface area contributed by atoms with E-state index in [-0.39, 0.29) is 26.2 Å². The van der Waals surface area contributed by atoms with E-state index >= 15 is 0 Å². The van der Waals surface area contributed by atoms with Crippen LogP contribution in [0.4, 0.5) is 0 Å². The van der Waals surface area contributed by atoms with Gasteiger partial charge in [0.1, 0.15) is 0 Å². The van der Waals surface area contributed by atoms with E-state index in [9.17, 15) is 0 Å². The Morgan fingerprint density at radius 3 is 2.06 bits per heavy atom. The van der Waals surface area contributed by atoms with Crippen LogP contribution in [-0.4, -0.2) is 0 Å². The van der Waals surface area contributed by atoms with Crippen LogP contribution in [-0.2, 0) is 26.2 Å². The summed E-state index contributed by atoms with van der Waals surface area (Å²) in [4.78, 5) is 0. The summed E-state index contributed by atoms with van der Waals surface area (Å²) in [7, 11) is 0. The molecule has 0 aliphatic heterocycles. The molecule has 0 aliphatic rings. The minimum absolute atomic E-state index is 0. The Labute approximate surface area is 119 Å². The average Bonchev–Trinajstić information content (AvgIpc) is 2.36. The van der Waals surface area contributed by atoms with Crippen molar-refractivity contribution in [3.8, 4) is 0 Å². The maximum atomic E-state index is 3.31. The van der Waals surface area contributed by atoms with Gasteiger partial charge in [0, 0.05) is 26.2 Å². The van der Waals surface area contributed by atoms with Crippen LogP contribution in [0.5, 0.6) is 0 Å². The van der Waals surface area contributed by atoms with Crippen molar-refractivity contribution < 1.29 is 26.2 Å². The van der Waals surface area contributed by atoms with Gasteiger partial charge in [-0.15, -0.1) is 35.0 Å². The van der Waals surface area contributed by atoms with Gasteiger partial charge in [-0.25, -0.2) is 0 Å². The SMILES string of the molecule is [Zr].[c-]1ccc2ccc3cccc4ccc1c2c43. The molecule has 0 radical (unpaired) electrons. The van der Waals surface area contributed by atoms with Gasteiger partial charge in [0.25, 0.3) is 0 Å². The van der Waals surface area contributed by atoms with Gasteiger partial charge in [-0.1, -0.05) is 41.8 Å². The quantitative estimate of drug-likeness (QED) is 0.333. The minimum atomic E-state index is 0. The molecule has 4 aromatic rings. The fraction of sp³-hybridized carbons (Fsp3) is 0. The monoisotopic (exact) mass is 291 g/mol. The molecule has 0 atom stereocenters. The molecule has 0 saturated heterocycles. The van der Waals surface area contributed by atoms with Crippen molar-refractivity contribution in [1.82, 2.24) is 0 Å². The normalized spacial score (nSPS) is 11.1. The van der Waals surface area contributed by atoms with Crippen molar-refractivity contribution in [3.05, 3.63) is 60.7 Å². The molecule has 0 aliphatic carbocycles. The van der Waals surface area contributed by atoms with Crippen molar-refractivity contribution >= 4 is 32.3 Å². The van der Waals surface area contributed by atoms with Crippen molar-refractivity contribution in [1.29, 1.82) is 0 Å². The molecule has 4 rings (SSSR count). The number of hydrogen-bond acceptors (Lipinski definition) is 0. The Bertz CT molecular complexity index is 672. The molecule has 0 saturated carbocycles. The molecular weight excluding hydrogens is 283 g/mol. The largest absolute Gasteiger partial charge is 0.146 e. The predicted molar refractivity (Wildman–Crippen MR) is 69.0 cm³/mol. The van der Waals surface area contributed by atoms with E-state index in [4.69, 9.17) is 0 Å². The van der Waals surface area contributed by atoms with Gasteiger partial charge in [-0.3, -0.25) is 0 Å². The van der Waals surface area contributed by atoms with E-state index in [0.717, 1.165) is 0 Å². The summed E-state index contributed by atoms with van der Waals surface area (Å²) in [5.41, 5.74) is 0. The Morgan fingerprint density at radius 2 is 1.29 bits per heavy atom. The van der Waals surface area contributed by atoms with Gasteiger partial charge in [-0.05, 0) is 16.2 Å². The molecule has 0 bridgehead atoms. The van der Waals surface area contributed by atoms with E-state index in [1.165, 1.54) is 32.3 Å². The second kappa shape index (κ2) is 3.93. The fourth-order valence-corrected chi connectivity index (χ4v) is 2.59. The van der Waals surface area contributed by atoms with Crippen LogP contribution in [0, 0.1) is 6.07 Å². The molecule has 1 heteroatoms. The molecule has 0 N–H and O–H groups in total. The van der Waals surface area contributed by atoms with Crippen molar-refractivity contribution in [2.45, 2.75) is 0 Å². The summed E-state index contributed by atoms with van der Waals surface area (Å²) in [5, 5.41) is 7.86. The molecule has 0 heterocycles. The molecule has 0 fully saturated rings. The van der Waals surface area contributed by atoms with Crippen molar-refractivity contribution in [2.24, 2.45) is 0 Å². The third-order valence-electron chi connectivity index (χ3n) is 3.31. The second-order valence-corrected chi connectivity index (χ2v) is 4.20. The first-order chi connectivity index (χ1) is 7.93. The zero-order valence-corrected chi connectivity index (χ0v) is 11.7. The summed E-state index contributed by atoms with van der Waals surface area (Å²) in [5.74, 6) is 0. The van der Waals surface area contributed by atoms with Gasteiger partial charge in [0.05, 0.1) is 0 Å². The Morgan fingerprint density at radius 1 is 0.647 bits per heavy atom. The van der Waals surface area contributed by atoms with Crippen LogP contribution in [0.3, 0.4) is 0 Å². The number of rotatable bonds is 0. The van der Waals surface area contributed by atoms with Gasteiger partial charge >= 0.3 is 0 Å². The van der Waals surface area contributed by atoms with Crippen LogP contribution in [0.1, 0.15) is 0 Å². The van der Waals surface area contributed by atoms with Gasteiger partial charge in [0.15, 0.2) is 0 Å². The minimum Gasteiger partial charge on any atom is -0.146 e. The van der Waals surface area contributed by atoms with E-state index in [1.54, 1.807) is 0 Å². The molecule has 0 nitrogen and oxygen atoms in total. The van der Waals surface area contributed by atoms with E-state index in [2.05, 4.69) is 54.6 Å². The first-order valence-electron chi connectivity index (χ1n) is 5.48. The van der Waals surface area contributed by atoms with Crippen molar-refractivity contribution in [3.63, 3.8) is 0 Å². The van der Waals surface area contributed by atoms with E-state index < -0.39 is 0 Å². The van der Waals surface area contributed by atoms with Crippen LogP contribution < -0.4 is 0 Å². The molecule has 4 aromatic carbocycles. The van der Waals surface area contributed by atoms with Crippen LogP contribution in [0.25, 0.3) is 32.3 Å². The number of hydrogen-bond donors (Lipinski definition) is 0. The third-order valence-corrected chi connectivity index (χ3v) is 3.31. The van der Waals surface area contributed by atoms with E-state index in [1.807, 2.05) is 6.07 Å². The molecule has 0 spiro atoms. The smallest absolute Gasteiger partial charge is 0 e. The Hall–Kier alpha value is -1.20. The molecule has 17 heavy (non-hydrogen) atoms. The Balaban J connectivity index is 0.000000902. The maximum Gasteiger partial charge on any atom is 0 e. The first-order valence-corrected chi connectivity index (χ1v) is 5.48. The zero-order valence-electron chi connectivity index (χ0n) is 9.20. The summed E-state index contributed by atoms with van der Waals surface area (Å²) < 4.78 is 0. The fourth-order valence-electron chi connectivity index (χ4n) is 2.59. The molecule has 0 unspecified atom stereocenters. The summed E-state index contributed by atoms with van der Waals surface area (Å²) in [6.07, 6.45) is 0. The van der Waals surface area contributed by atoms with Gasteiger partial charge < -0.3 is 0 Å². The third kappa shape index (κ3) is 1.46. The topological polar surface area (TPSA) is 0 Å². The predicted octanol–water partition coefficient (Wildman–Crippen LogP) is 4.38. The zero-order chi connectivity index (χ0) is 10.5. The number of benzene rings is 4. The molecule has 78 valence electrons. The molecule has 0 aromatic heterocycles. The average molecular weight is 292 g/mol. The summed E-state index contributed by atoms with van der Waals surface area (Å²) in [6, 6.07) is 22.6. The van der Waals surface area contributed by atoms with Crippen molar-refractivity contribution in [2.75, 3.05) is 0 Å². The first kappa shape index (κ1) is 10.9. The summed E-state index contributed by atoms with van der Waals surface area (Å²) >= 11 is 0. The molecule has 0 amide bonds. The standard InChI is InChI=1S/C16H9.Zr/c1-3-11-7-9-13-5-2-6-14-10-8-12(4-1)15(11)16(13)14;/h1-5,7-10H;/q-1;. The van der Waals surface area contributed by atoms with Crippen LogP contribution >= 0.6 is 0 Å². The van der Waals surface area contributed by atoms with Gasteiger partial charge in [-0.2, -0.15) is 0 Å². The second-order valence-electron chi connectivity index (χ2n) is 4.20. The van der Waals surface area contributed by atoms with E-state index in [0.29, 0.717) is 0 Å². The maximum absolute atomic E-state index is 3.31. The Kier molecular flexibility index (Phi) is 2.52.